The number of aliphatic hydroxyl groups excluding tert-OH is 1. The van der Waals surface area contributed by atoms with E-state index in [0.29, 0.717) is 18.3 Å². The Bertz CT molecular complexity index is 567. The first kappa shape index (κ1) is 12.3. The number of hydrogen-bond acceptors (Lipinski definition) is 5. The average molecular weight is 259 g/mol. The summed E-state index contributed by atoms with van der Waals surface area (Å²) in [6, 6.07) is 8.29. The maximum atomic E-state index is 9.68. The molecular weight excluding hydrogens is 242 g/mol. The highest BCUT2D eigenvalue weighted by atomic mass is 16.5. The summed E-state index contributed by atoms with van der Waals surface area (Å²) in [6.45, 7) is 3.39. The van der Waals surface area contributed by atoms with Crippen molar-refractivity contribution in [3.63, 3.8) is 0 Å². The van der Waals surface area contributed by atoms with Crippen LogP contribution in [-0.2, 0) is 13.0 Å². The summed E-state index contributed by atoms with van der Waals surface area (Å²) in [5, 5.41) is 13.5. The molecule has 1 aliphatic heterocycles. The summed E-state index contributed by atoms with van der Waals surface area (Å²) in [6.07, 6.45) is 0.986. The van der Waals surface area contributed by atoms with Crippen LogP contribution in [0.5, 0.6) is 0 Å². The standard InChI is InChI=1S/C14H17N3O2/c1-10-15-14(19-16-10)8-17-7-6-11-4-2-3-5-12(11)13(17)9-18/h2-5,13,18H,6-9H2,1H3. The van der Waals surface area contributed by atoms with Crippen LogP contribution in [0.4, 0.5) is 0 Å². The Morgan fingerprint density at radius 3 is 3.00 bits per heavy atom. The van der Waals surface area contributed by atoms with Crippen LogP contribution in [0.3, 0.4) is 0 Å². The van der Waals surface area contributed by atoms with Crippen molar-refractivity contribution in [1.82, 2.24) is 15.0 Å². The van der Waals surface area contributed by atoms with Crippen molar-refractivity contribution >= 4 is 0 Å². The summed E-state index contributed by atoms with van der Waals surface area (Å²) in [5.74, 6) is 1.25. The summed E-state index contributed by atoms with van der Waals surface area (Å²) in [7, 11) is 0. The lowest BCUT2D eigenvalue weighted by Gasteiger charge is -2.35. The quantitative estimate of drug-likeness (QED) is 0.904. The molecular formula is C14H17N3O2. The van der Waals surface area contributed by atoms with Gasteiger partial charge in [-0.2, -0.15) is 4.98 Å². The van der Waals surface area contributed by atoms with Gasteiger partial charge in [-0.25, -0.2) is 0 Å². The van der Waals surface area contributed by atoms with Gasteiger partial charge in [-0.15, -0.1) is 0 Å². The van der Waals surface area contributed by atoms with Crippen LogP contribution in [0.25, 0.3) is 0 Å². The largest absolute Gasteiger partial charge is 0.394 e. The minimum atomic E-state index is 0.0113. The molecule has 1 aromatic carbocycles. The highest BCUT2D eigenvalue weighted by Crippen LogP contribution is 2.30. The number of hydrogen-bond donors (Lipinski definition) is 1. The molecule has 5 nitrogen and oxygen atoms in total. The number of fused-ring (bicyclic) bond motifs is 1. The average Bonchev–Trinajstić information content (AvgIpc) is 2.84. The van der Waals surface area contributed by atoms with E-state index in [1.165, 1.54) is 11.1 Å². The van der Waals surface area contributed by atoms with Gasteiger partial charge in [0.2, 0.25) is 5.89 Å². The number of aryl methyl sites for hydroxylation is 1. The zero-order chi connectivity index (χ0) is 13.2. The number of nitrogens with zero attached hydrogens (tertiary/aromatic N) is 3. The molecule has 0 spiro atoms. The molecule has 0 saturated carbocycles. The van der Waals surface area contributed by atoms with E-state index in [1.54, 1.807) is 0 Å². The predicted octanol–water partition coefficient (Wildman–Crippen LogP) is 1.47. The molecule has 100 valence electrons. The van der Waals surface area contributed by atoms with E-state index >= 15 is 0 Å². The Hall–Kier alpha value is -1.72. The first-order chi connectivity index (χ1) is 9.28. The molecule has 1 aromatic heterocycles. The lowest BCUT2D eigenvalue weighted by atomic mass is 9.93. The van der Waals surface area contributed by atoms with E-state index in [1.807, 2.05) is 19.1 Å². The van der Waals surface area contributed by atoms with Crippen molar-refractivity contribution in [2.75, 3.05) is 13.2 Å². The highest BCUT2D eigenvalue weighted by Gasteiger charge is 2.27. The van der Waals surface area contributed by atoms with Crippen molar-refractivity contribution < 1.29 is 9.63 Å². The molecule has 0 aliphatic carbocycles. The van der Waals surface area contributed by atoms with Crippen LogP contribution in [0, 0.1) is 6.92 Å². The lowest BCUT2D eigenvalue weighted by molar-refractivity contribution is 0.0971. The molecule has 1 unspecified atom stereocenters. The Morgan fingerprint density at radius 2 is 2.26 bits per heavy atom. The molecule has 0 saturated heterocycles. The van der Waals surface area contributed by atoms with Crippen LogP contribution >= 0.6 is 0 Å². The van der Waals surface area contributed by atoms with Gasteiger partial charge in [0.1, 0.15) is 0 Å². The molecule has 0 fully saturated rings. The molecule has 1 N–H and O–H groups in total. The molecule has 1 atom stereocenters. The molecule has 1 aliphatic rings. The van der Waals surface area contributed by atoms with E-state index in [0.717, 1.165) is 13.0 Å². The third-order valence-electron chi connectivity index (χ3n) is 3.60. The second kappa shape index (κ2) is 5.11. The smallest absolute Gasteiger partial charge is 0.240 e. The zero-order valence-electron chi connectivity index (χ0n) is 10.9. The van der Waals surface area contributed by atoms with Gasteiger partial charge in [0.05, 0.1) is 19.2 Å². The van der Waals surface area contributed by atoms with Crippen LogP contribution in [0.1, 0.15) is 28.9 Å². The molecule has 5 heteroatoms. The molecule has 0 radical (unpaired) electrons. The second-order valence-electron chi connectivity index (χ2n) is 4.85. The summed E-state index contributed by atoms with van der Waals surface area (Å²) < 4.78 is 5.16. The summed E-state index contributed by atoms with van der Waals surface area (Å²) >= 11 is 0. The second-order valence-corrected chi connectivity index (χ2v) is 4.85. The Morgan fingerprint density at radius 1 is 1.42 bits per heavy atom. The van der Waals surface area contributed by atoms with Crippen LogP contribution in [0.15, 0.2) is 28.8 Å². The zero-order valence-corrected chi connectivity index (χ0v) is 10.9. The first-order valence-electron chi connectivity index (χ1n) is 6.50. The molecule has 3 rings (SSSR count). The minimum Gasteiger partial charge on any atom is -0.394 e. The number of rotatable bonds is 3. The fourth-order valence-electron chi connectivity index (χ4n) is 2.68. The maximum Gasteiger partial charge on any atom is 0.240 e. The molecule has 19 heavy (non-hydrogen) atoms. The van der Waals surface area contributed by atoms with E-state index < -0.39 is 0 Å². The number of aliphatic hydroxyl groups is 1. The Kier molecular flexibility index (Phi) is 3.31. The fourth-order valence-corrected chi connectivity index (χ4v) is 2.68. The third kappa shape index (κ3) is 2.39. The topological polar surface area (TPSA) is 62.4 Å². The van der Waals surface area contributed by atoms with Gasteiger partial charge in [-0.05, 0) is 24.5 Å². The number of aromatic nitrogens is 2. The fraction of sp³-hybridized carbons (Fsp3) is 0.429. The normalized spacial score (nSPS) is 19.4. The van der Waals surface area contributed by atoms with Gasteiger partial charge < -0.3 is 9.63 Å². The van der Waals surface area contributed by atoms with E-state index in [9.17, 15) is 5.11 Å². The van der Waals surface area contributed by atoms with Gasteiger partial charge in [-0.1, -0.05) is 29.4 Å². The van der Waals surface area contributed by atoms with Gasteiger partial charge in [0.25, 0.3) is 0 Å². The van der Waals surface area contributed by atoms with Gasteiger partial charge in [0.15, 0.2) is 5.82 Å². The van der Waals surface area contributed by atoms with Crippen LogP contribution in [0.2, 0.25) is 0 Å². The van der Waals surface area contributed by atoms with E-state index in [-0.39, 0.29) is 12.6 Å². The molecule has 2 heterocycles. The molecule has 0 bridgehead atoms. The molecule has 2 aromatic rings. The van der Waals surface area contributed by atoms with E-state index in [4.69, 9.17) is 4.52 Å². The number of benzene rings is 1. The van der Waals surface area contributed by atoms with Crippen molar-refractivity contribution in [2.45, 2.75) is 25.9 Å². The monoisotopic (exact) mass is 259 g/mol. The Labute approximate surface area is 111 Å². The van der Waals surface area contributed by atoms with Gasteiger partial charge in [0, 0.05) is 6.54 Å². The minimum absolute atomic E-state index is 0.0113. The predicted molar refractivity (Wildman–Crippen MR) is 69.4 cm³/mol. The third-order valence-corrected chi connectivity index (χ3v) is 3.60. The summed E-state index contributed by atoms with van der Waals surface area (Å²) in [4.78, 5) is 6.42. The van der Waals surface area contributed by atoms with Crippen molar-refractivity contribution in [1.29, 1.82) is 0 Å². The van der Waals surface area contributed by atoms with Gasteiger partial charge in [-0.3, -0.25) is 4.90 Å². The van der Waals surface area contributed by atoms with Crippen molar-refractivity contribution in [3.8, 4) is 0 Å². The van der Waals surface area contributed by atoms with Crippen LogP contribution < -0.4 is 0 Å². The highest BCUT2D eigenvalue weighted by molar-refractivity contribution is 5.32. The molecule has 0 amide bonds. The SMILES string of the molecule is Cc1noc(CN2CCc3ccccc3C2CO)n1. The van der Waals surface area contributed by atoms with Crippen LogP contribution in [-0.4, -0.2) is 33.3 Å². The first-order valence-corrected chi connectivity index (χ1v) is 6.50. The lowest BCUT2D eigenvalue weighted by Crippen LogP contribution is -2.36. The maximum absolute atomic E-state index is 9.68. The van der Waals surface area contributed by atoms with E-state index in [2.05, 4.69) is 27.2 Å². The van der Waals surface area contributed by atoms with Crippen molar-refractivity contribution in [2.24, 2.45) is 0 Å². The Balaban J connectivity index is 1.84. The van der Waals surface area contributed by atoms with Crippen molar-refractivity contribution in [3.05, 3.63) is 47.1 Å². The summed E-state index contributed by atoms with van der Waals surface area (Å²) in [5.41, 5.74) is 2.52. The van der Waals surface area contributed by atoms with Gasteiger partial charge >= 0.3 is 0 Å².